The van der Waals surface area contributed by atoms with E-state index in [1.54, 1.807) is 37.3 Å². The van der Waals surface area contributed by atoms with Gasteiger partial charge in [0.05, 0.1) is 41.6 Å². The summed E-state index contributed by atoms with van der Waals surface area (Å²) in [6.07, 6.45) is 0. The molecule has 3 aromatic rings. The van der Waals surface area contributed by atoms with Gasteiger partial charge in [-0.05, 0) is 42.3 Å². The molecule has 3 aromatic carbocycles. The fourth-order valence-corrected chi connectivity index (χ4v) is 5.09. The smallest absolute Gasteiger partial charge is 0.337 e. The number of hydrogen-bond donors (Lipinski definition) is 2. The summed E-state index contributed by atoms with van der Waals surface area (Å²) < 4.78 is 10.3. The topological polar surface area (TPSA) is 82.5 Å². The Morgan fingerprint density at radius 2 is 1.81 bits per heavy atom. The van der Waals surface area contributed by atoms with Crippen LogP contribution in [0.5, 0.6) is 5.75 Å². The van der Waals surface area contributed by atoms with Gasteiger partial charge in [-0.1, -0.05) is 54.1 Å². The Morgan fingerprint density at radius 3 is 2.46 bits per heavy atom. The number of anilines is 1. The Morgan fingerprint density at radius 1 is 1.08 bits per heavy atom. The first kappa shape index (κ1) is 26.9. The maximum atomic E-state index is 11.8. The molecule has 0 amide bonds. The van der Waals surface area contributed by atoms with Crippen molar-refractivity contribution < 1.29 is 24.5 Å². The molecule has 2 atom stereocenters. The van der Waals surface area contributed by atoms with E-state index >= 15 is 0 Å². The Balaban J connectivity index is 1.54. The predicted octanol–water partition coefficient (Wildman–Crippen LogP) is 4.27. The maximum absolute atomic E-state index is 11.8. The van der Waals surface area contributed by atoms with E-state index in [0.29, 0.717) is 36.0 Å². The summed E-state index contributed by atoms with van der Waals surface area (Å²) in [4.78, 5) is 16.3. The van der Waals surface area contributed by atoms with Crippen LogP contribution in [0.2, 0.25) is 5.02 Å². The van der Waals surface area contributed by atoms with Crippen molar-refractivity contribution in [3.05, 3.63) is 94.5 Å². The average Bonchev–Trinajstić information content (AvgIpc) is 2.92. The maximum Gasteiger partial charge on any atom is 0.337 e. The van der Waals surface area contributed by atoms with Gasteiger partial charge >= 0.3 is 5.97 Å². The van der Waals surface area contributed by atoms with E-state index in [2.05, 4.69) is 21.9 Å². The van der Waals surface area contributed by atoms with E-state index in [9.17, 15) is 9.90 Å². The summed E-state index contributed by atoms with van der Waals surface area (Å²) in [7, 11) is 1.35. The van der Waals surface area contributed by atoms with Crippen molar-refractivity contribution in [2.75, 3.05) is 51.4 Å². The first-order chi connectivity index (χ1) is 17.8. The molecule has 2 N–H and O–H groups in total. The molecule has 1 aliphatic heterocycles. The van der Waals surface area contributed by atoms with Crippen LogP contribution < -0.4 is 9.64 Å². The number of carbonyl (C=O) groups excluding carboxylic acids is 1. The largest absolute Gasteiger partial charge is 0.491 e. The summed E-state index contributed by atoms with van der Waals surface area (Å²) in [5.41, 5.74) is 2.15. The van der Waals surface area contributed by atoms with Gasteiger partial charge in [0.1, 0.15) is 12.4 Å². The number of hydrogen-bond acceptors (Lipinski definition) is 7. The first-order valence-corrected chi connectivity index (χ1v) is 12.7. The zero-order chi connectivity index (χ0) is 26.4. The third kappa shape index (κ3) is 6.43. The zero-order valence-corrected chi connectivity index (χ0v) is 21.9. The average molecular weight is 525 g/mol. The van der Waals surface area contributed by atoms with Crippen LogP contribution in [0.25, 0.3) is 0 Å². The lowest BCUT2D eigenvalue weighted by Gasteiger charge is -2.45. The van der Waals surface area contributed by atoms with Crippen molar-refractivity contribution in [3.63, 3.8) is 0 Å². The summed E-state index contributed by atoms with van der Waals surface area (Å²) in [5.74, 6) is 0.214. The van der Waals surface area contributed by atoms with Crippen LogP contribution in [0.4, 0.5) is 5.69 Å². The lowest BCUT2D eigenvalue weighted by Crippen LogP contribution is -2.52. The summed E-state index contributed by atoms with van der Waals surface area (Å²) in [6.45, 7) is 4.53. The first-order valence-electron chi connectivity index (χ1n) is 12.3. The van der Waals surface area contributed by atoms with Gasteiger partial charge in [0.2, 0.25) is 0 Å². The number of ether oxygens (including phenoxy) is 2. The molecule has 0 unspecified atom stereocenters. The van der Waals surface area contributed by atoms with Crippen LogP contribution in [-0.4, -0.2) is 67.6 Å². The normalized spacial score (nSPS) is 17.8. The second-order valence-corrected chi connectivity index (χ2v) is 9.79. The minimum Gasteiger partial charge on any atom is -0.491 e. The van der Waals surface area contributed by atoms with Crippen LogP contribution in [0.15, 0.2) is 72.8 Å². The van der Waals surface area contributed by atoms with Gasteiger partial charge in [-0.15, -0.1) is 0 Å². The molecule has 0 aliphatic carbocycles. The summed E-state index contributed by atoms with van der Waals surface area (Å²) in [6, 6.07) is 22.8. The van der Waals surface area contributed by atoms with Crippen molar-refractivity contribution in [1.82, 2.24) is 4.90 Å². The summed E-state index contributed by atoms with van der Waals surface area (Å²) >= 11 is 6.69. The van der Waals surface area contributed by atoms with Gasteiger partial charge in [-0.25, -0.2) is 4.79 Å². The second-order valence-electron chi connectivity index (χ2n) is 9.38. The molecule has 4 rings (SSSR count). The fourth-order valence-electron chi connectivity index (χ4n) is 4.82. The number of β-amino-alcohol motifs (C(OH)–C–C–N with tert-alkyl or cyclic N) is 1. The standard InChI is InChI=1S/C29H33ClN2O5/c1-29(35,23-10-8-22(9-11-23)28(34)36-2)20-31-14-15-32(27(19-31)21-6-4-3-5-7-21)26-13-12-24(18-25(26)30)37-17-16-33/h3-13,18,27,33,35H,14-17,19-20H2,1-2H3/t27-,29+/m0/s1. The highest BCUT2D eigenvalue weighted by Crippen LogP contribution is 2.37. The highest BCUT2D eigenvalue weighted by Gasteiger charge is 2.34. The molecule has 0 saturated carbocycles. The summed E-state index contributed by atoms with van der Waals surface area (Å²) in [5, 5.41) is 21.0. The lowest BCUT2D eigenvalue weighted by molar-refractivity contribution is 0.0102. The molecule has 196 valence electrons. The van der Waals surface area contributed by atoms with E-state index in [-0.39, 0.29) is 19.3 Å². The van der Waals surface area contributed by atoms with Gasteiger partial charge in [-0.2, -0.15) is 0 Å². The number of aliphatic hydroxyl groups is 2. The van der Waals surface area contributed by atoms with E-state index in [1.807, 2.05) is 30.3 Å². The molecule has 0 bridgehead atoms. The molecular formula is C29H33ClN2O5. The number of piperazine rings is 1. The molecule has 1 heterocycles. The molecule has 1 aliphatic rings. The van der Waals surface area contributed by atoms with E-state index in [1.165, 1.54) is 7.11 Å². The number of aliphatic hydroxyl groups excluding tert-OH is 1. The van der Waals surface area contributed by atoms with Crippen LogP contribution in [0.3, 0.4) is 0 Å². The van der Waals surface area contributed by atoms with Gasteiger partial charge in [0.15, 0.2) is 0 Å². The van der Waals surface area contributed by atoms with Crippen molar-refractivity contribution >= 4 is 23.3 Å². The van der Waals surface area contributed by atoms with Crippen LogP contribution in [0.1, 0.15) is 34.5 Å². The van der Waals surface area contributed by atoms with Crippen molar-refractivity contribution in [3.8, 4) is 5.75 Å². The lowest BCUT2D eigenvalue weighted by atomic mass is 9.93. The number of nitrogens with zero attached hydrogens (tertiary/aromatic N) is 2. The number of rotatable bonds is 9. The monoisotopic (exact) mass is 524 g/mol. The van der Waals surface area contributed by atoms with E-state index in [0.717, 1.165) is 23.4 Å². The quantitative estimate of drug-likeness (QED) is 0.404. The number of carbonyl (C=O) groups is 1. The van der Waals surface area contributed by atoms with Crippen molar-refractivity contribution in [2.45, 2.75) is 18.6 Å². The molecule has 37 heavy (non-hydrogen) atoms. The molecule has 0 spiro atoms. The number of benzene rings is 3. The Labute approximate surface area is 222 Å². The second kappa shape index (κ2) is 12.0. The van der Waals surface area contributed by atoms with Gasteiger partial charge in [-0.3, -0.25) is 4.90 Å². The predicted molar refractivity (Wildman–Crippen MR) is 144 cm³/mol. The highest BCUT2D eigenvalue weighted by molar-refractivity contribution is 6.33. The van der Waals surface area contributed by atoms with Crippen LogP contribution in [0, 0.1) is 0 Å². The van der Waals surface area contributed by atoms with Crippen molar-refractivity contribution in [2.24, 2.45) is 0 Å². The van der Waals surface area contributed by atoms with Crippen LogP contribution in [-0.2, 0) is 10.3 Å². The number of esters is 1. The third-order valence-electron chi connectivity index (χ3n) is 6.70. The fraction of sp³-hybridized carbons (Fsp3) is 0.345. The Kier molecular flexibility index (Phi) is 8.71. The molecule has 1 saturated heterocycles. The van der Waals surface area contributed by atoms with Gasteiger partial charge < -0.3 is 24.6 Å². The Bertz CT molecular complexity index is 1190. The SMILES string of the molecule is COC(=O)c1ccc([C@](C)(O)CN2CCN(c3ccc(OCCO)cc3Cl)[C@H](c3ccccc3)C2)cc1. The highest BCUT2D eigenvalue weighted by atomic mass is 35.5. The molecule has 0 radical (unpaired) electrons. The van der Waals surface area contributed by atoms with Crippen molar-refractivity contribution in [1.29, 1.82) is 0 Å². The molecule has 1 fully saturated rings. The number of methoxy groups -OCH3 is 1. The molecular weight excluding hydrogens is 492 g/mol. The minimum absolute atomic E-state index is 0.0224. The van der Waals surface area contributed by atoms with Crippen LogP contribution >= 0.6 is 11.6 Å². The van der Waals surface area contributed by atoms with Gasteiger partial charge in [0.25, 0.3) is 0 Å². The molecule has 7 nitrogen and oxygen atoms in total. The number of halogens is 1. The molecule has 0 aromatic heterocycles. The van der Waals surface area contributed by atoms with Gasteiger partial charge in [0, 0.05) is 32.2 Å². The zero-order valence-electron chi connectivity index (χ0n) is 21.1. The Hall–Kier alpha value is -3.10. The van der Waals surface area contributed by atoms with E-state index < -0.39 is 11.6 Å². The molecule has 8 heteroatoms. The minimum atomic E-state index is -1.11. The van der Waals surface area contributed by atoms with E-state index in [4.69, 9.17) is 26.2 Å². The third-order valence-corrected chi connectivity index (χ3v) is 7.00.